The molecule has 1 saturated heterocycles. The highest BCUT2D eigenvalue weighted by Gasteiger charge is 2.58. The van der Waals surface area contributed by atoms with E-state index in [-0.39, 0.29) is 29.3 Å². The second-order valence-electron chi connectivity index (χ2n) is 8.35. The zero-order chi connectivity index (χ0) is 20.0. The Morgan fingerprint density at radius 1 is 1.24 bits per heavy atom. The molecule has 3 aromatic rings. The Morgan fingerprint density at radius 2 is 2.07 bits per heavy atom. The Bertz CT molecular complexity index is 1010. The minimum Gasteiger partial charge on any atom is -0.377 e. The maximum atomic E-state index is 13.1. The average molecular weight is 409 g/mol. The molecule has 1 aliphatic carbocycles. The van der Waals surface area contributed by atoms with Crippen LogP contribution in [0, 0.1) is 11.3 Å². The highest BCUT2D eigenvalue weighted by molar-refractivity contribution is 7.13. The van der Waals surface area contributed by atoms with E-state index in [1.807, 2.05) is 47.8 Å². The van der Waals surface area contributed by atoms with Gasteiger partial charge in [-0.2, -0.15) is 0 Å². The third-order valence-corrected chi connectivity index (χ3v) is 7.04. The summed E-state index contributed by atoms with van der Waals surface area (Å²) in [5.74, 6) is 1.03. The van der Waals surface area contributed by atoms with E-state index >= 15 is 0 Å². The maximum absolute atomic E-state index is 13.1. The van der Waals surface area contributed by atoms with Crippen molar-refractivity contribution < 1.29 is 9.53 Å². The number of thiophene rings is 1. The first kappa shape index (κ1) is 18.5. The summed E-state index contributed by atoms with van der Waals surface area (Å²) in [4.78, 5) is 18.7. The van der Waals surface area contributed by atoms with Crippen molar-refractivity contribution in [2.24, 2.45) is 11.3 Å². The quantitative estimate of drug-likeness (QED) is 0.710. The number of amides is 1. The van der Waals surface area contributed by atoms with Crippen LogP contribution in [0.4, 0.5) is 0 Å². The van der Waals surface area contributed by atoms with Crippen molar-refractivity contribution in [2.75, 3.05) is 6.61 Å². The van der Waals surface area contributed by atoms with E-state index in [2.05, 4.69) is 29.2 Å². The van der Waals surface area contributed by atoms with Gasteiger partial charge in [-0.3, -0.25) is 4.79 Å². The van der Waals surface area contributed by atoms with Gasteiger partial charge >= 0.3 is 0 Å². The molecule has 1 aliphatic heterocycles. The van der Waals surface area contributed by atoms with Gasteiger partial charge in [-0.15, -0.1) is 16.4 Å². The fourth-order valence-electron chi connectivity index (χ4n) is 4.74. The van der Waals surface area contributed by atoms with Crippen LogP contribution in [0.3, 0.4) is 0 Å². The lowest BCUT2D eigenvalue weighted by atomic mass is 9.55. The number of ether oxygens (including phenoxy) is 1. The van der Waals surface area contributed by atoms with E-state index in [0.29, 0.717) is 11.7 Å². The van der Waals surface area contributed by atoms with Crippen LogP contribution in [0.5, 0.6) is 0 Å². The summed E-state index contributed by atoms with van der Waals surface area (Å²) in [6, 6.07) is 13.8. The first-order chi connectivity index (χ1) is 14.1. The number of carbonyl (C=O) groups excluding carboxylic acids is 1. The lowest BCUT2D eigenvalue weighted by molar-refractivity contribution is -0.189. The molecule has 1 aromatic carbocycles. The van der Waals surface area contributed by atoms with Crippen LogP contribution in [0.15, 0.2) is 47.8 Å². The first-order valence-corrected chi connectivity index (χ1v) is 10.9. The molecule has 1 saturated carbocycles. The number of benzene rings is 1. The SMILES string of the molecule is CC1(C)[C@H](NC(=O)c2nc(-c3cccs3)n(-c3ccccc3)n2)[C@H]2CCCO[C@H]21. The van der Waals surface area contributed by atoms with E-state index in [0.717, 1.165) is 30.0 Å². The van der Waals surface area contributed by atoms with Gasteiger partial charge in [0.05, 0.1) is 16.7 Å². The van der Waals surface area contributed by atoms with Crippen molar-refractivity contribution in [1.82, 2.24) is 20.1 Å². The zero-order valence-electron chi connectivity index (χ0n) is 16.5. The number of fused-ring (bicyclic) bond motifs is 1. The Balaban J connectivity index is 1.45. The van der Waals surface area contributed by atoms with Gasteiger partial charge < -0.3 is 10.1 Å². The molecule has 5 rings (SSSR count). The van der Waals surface area contributed by atoms with Gasteiger partial charge in [-0.1, -0.05) is 38.1 Å². The second kappa shape index (κ2) is 7.07. The minimum atomic E-state index is -0.223. The summed E-state index contributed by atoms with van der Waals surface area (Å²) < 4.78 is 7.70. The molecular weight excluding hydrogens is 384 g/mol. The Morgan fingerprint density at radius 3 is 2.83 bits per heavy atom. The van der Waals surface area contributed by atoms with Crippen molar-refractivity contribution in [3.05, 3.63) is 53.7 Å². The van der Waals surface area contributed by atoms with Gasteiger partial charge in [-0.05, 0) is 36.4 Å². The molecule has 2 aliphatic rings. The lowest BCUT2D eigenvalue weighted by Crippen LogP contribution is -2.70. The molecule has 3 heterocycles. The summed E-state index contributed by atoms with van der Waals surface area (Å²) in [7, 11) is 0. The topological polar surface area (TPSA) is 69.0 Å². The standard InChI is InChI=1S/C22H24N4O2S/c1-22(2)17(15-10-6-12-28-18(15)22)23-21(27)19-24-20(16-11-7-13-29-16)26(25-19)14-8-4-3-5-9-14/h3-5,7-9,11,13,15,17-18H,6,10,12H2,1-2H3,(H,23,27)/t15-,17-,18-/m1/s1. The van der Waals surface area contributed by atoms with E-state index < -0.39 is 0 Å². The number of hydrogen-bond acceptors (Lipinski definition) is 5. The van der Waals surface area contributed by atoms with E-state index in [1.165, 1.54) is 0 Å². The lowest BCUT2D eigenvalue weighted by Gasteiger charge is -2.59. The molecule has 1 amide bonds. The number of carbonyl (C=O) groups is 1. The van der Waals surface area contributed by atoms with Crippen LogP contribution in [-0.2, 0) is 4.74 Å². The van der Waals surface area contributed by atoms with E-state index in [9.17, 15) is 4.79 Å². The Kier molecular flexibility index (Phi) is 4.52. The average Bonchev–Trinajstić information content (AvgIpc) is 3.42. The van der Waals surface area contributed by atoms with Crippen molar-refractivity contribution in [2.45, 2.75) is 38.8 Å². The molecule has 3 atom stereocenters. The van der Waals surface area contributed by atoms with Crippen LogP contribution in [0.25, 0.3) is 16.4 Å². The van der Waals surface area contributed by atoms with Crippen molar-refractivity contribution in [1.29, 1.82) is 0 Å². The van der Waals surface area contributed by atoms with Gasteiger partial charge in [0, 0.05) is 24.0 Å². The van der Waals surface area contributed by atoms with Gasteiger partial charge in [0.1, 0.15) is 0 Å². The zero-order valence-corrected chi connectivity index (χ0v) is 17.4. The molecule has 0 unspecified atom stereocenters. The highest BCUT2D eigenvalue weighted by Crippen LogP contribution is 2.51. The summed E-state index contributed by atoms with van der Waals surface area (Å²) >= 11 is 1.58. The molecule has 0 bridgehead atoms. The number of rotatable bonds is 4. The Labute approximate surface area is 173 Å². The summed E-state index contributed by atoms with van der Waals surface area (Å²) in [5, 5.41) is 9.77. The third kappa shape index (κ3) is 3.09. The monoisotopic (exact) mass is 408 g/mol. The molecule has 6 nitrogen and oxygen atoms in total. The summed E-state index contributed by atoms with van der Waals surface area (Å²) in [6.07, 6.45) is 2.36. The molecule has 0 spiro atoms. The summed E-state index contributed by atoms with van der Waals surface area (Å²) in [6.45, 7) is 5.15. The molecular formula is C22H24N4O2S. The largest absolute Gasteiger partial charge is 0.377 e. The molecule has 7 heteroatoms. The fraction of sp³-hybridized carbons (Fsp3) is 0.409. The number of para-hydroxylation sites is 1. The predicted octanol–water partition coefficient (Wildman–Crippen LogP) is 3.93. The smallest absolute Gasteiger partial charge is 0.291 e. The highest BCUT2D eigenvalue weighted by atomic mass is 32.1. The van der Waals surface area contributed by atoms with E-state index in [4.69, 9.17) is 4.74 Å². The van der Waals surface area contributed by atoms with Gasteiger partial charge in [0.25, 0.3) is 5.91 Å². The fourth-order valence-corrected chi connectivity index (χ4v) is 5.44. The summed E-state index contributed by atoms with van der Waals surface area (Å²) in [5.41, 5.74) is 0.798. The molecule has 0 radical (unpaired) electrons. The molecule has 150 valence electrons. The maximum Gasteiger partial charge on any atom is 0.291 e. The minimum absolute atomic E-state index is 0.0779. The van der Waals surface area contributed by atoms with Crippen LogP contribution in [-0.4, -0.2) is 39.4 Å². The van der Waals surface area contributed by atoms with Gasteiger partial charge in [0.2, 0.25) is 5.82 Å². The number of aromatic nitrogens is 3. The third-order valence-electron chi connectivity index (χ3n) is 6.17. The number of nitrogens with one attached hydrogen (secondary N) is 1. The van der Waals surface area contributed by atoms with E-state index in [1.54, 1.807) is 16.0 Å². The molecule has 2 aromatic heterocycles. The van der Waals surface area contributed by atoms with Crippen molar-refractivity contribution >= 4 is 17.2 Å². The second-order valence-corrected chi connectivity index (χ2v) is 9.30. The van der Waals surface area contributed by atoms with Crippen LogP contribution >= 0.6 is 11.3 Å². The molecule has 1 N–H and O–H groups in total. The number of hydrogen-bond donors (Lipinski definition) is 1. The van der Waals surface area contributed by atoms with Crippen LogP contribution < -0.4 is 5.32 Å². The van der Waals surface area contributed by atoms with Crippen LogP contribution in [0.2, 0.25) is 0 Å². The Hall–Kier alpha value is -2.51. The van der Waals surface area contributed by atoms with Gasteiger partial charge in [0.15, 0.2) is 5.82 Å². The number of nitrogens with zero attached hydrogens (tertiary/aromatic N) is 3. The van der Waals surface area contributed by atoms with Crippen molar-refractivity contribution in [3.63, 3.8) is 0 Å². The molecule has 29 heavy (non-hydrogen) atoms. The van der Waals surface area contributed by atoms with Crippen LogP contribution in [0.1, 0.15) is 37.3 Å². The normalized spacial score (nSPS) is 25.1. The van der Waals surface area contributed by atoms with Gasteiger partial charge in [-0.25, -0.2) is 9.67 Å². The predicted molar refractivity (Wildman–Crippen MR) is 112 cm³/mol. The van der Waals surface area contributed by atoms with Crippen molar-refractivity contribution in [3.8, 4) is 16.4 Å². The molecule has 2 fully saturated rings. The first-order valence-electron chi connectivity index (χ1n) is 10.0.